The molecule has 0 spiro atoms. The van der Waals surface area contributed by atoms with Crippen LogP contribution in [0.3, 0.4) is 0 Å². The fraction of sp³-hybridized carbons (Fsp3) is 0.154. The summed E-state index contributed by atoms with van der Waals surface area (Å²) in [5, 5.41) is 16.4. The SMILES string of the molecule is Cc1ccc(-c2ccc(C#N)c(SCCC(=O)Nc3ccc(S(=O)(=O)Nc4cc(C)on4)cc3)n2)cc1. The highest BCUT2D eigenvalue weighted by atomic mass is 32.2. The van der Waals surface area contributed by atoms with Crippen molar-refractivity contribution in [2.45, 2.75) is 30.2 Å². The fourth-order valence-electron chi connectivity index (χ4n) is 3.31. The standard InChI is InChI=1S/C26H23N5O4S2/c1-17-3-5-19(6-4-17)23-12-7-20(16-27)26(29-23)36-14-13-25(32)28-21-8-10-22(11-9-21)37(33,34)31-24-15-18(2)35-30-24/h3-12,15H,13-14H2,1-2H3,(H,28,32)(H,30,31). The van der Waals surface area contributed by atoms with E-state index in [0.717, 1.165) is 16.8 Å². The highest BCUT2D eigenvalue weighted by Gasteiger charge is 2.16. The van der Waals surface area contributed by atoms with Crippen LogP contribution >= 0.6 is 11.8 Å². The second-order valence-corrected chi connectivity index (χ2v) is 10.9. The molecule has 188 valence electrons. The number of carbonyl (C=O) groups is 1. The van der Waals surface area contributed by atoms with E-state index in [9.17, 15) is 18.5 Å². The minimum absolute atomic E-state index is 0.0188. The lowest BCUT2D eigenvalue weighted by atomic mass is 10.1. The Morgan fingerprint density at radius 2 is 1.78 bits per heavy atom. The summed E-state index contributed by atoms with van der Waals surface area (Å²) in [5.74, 6) is 0.740. The van der Waals surface area contributed by atoms with Crippen molar-refractivity contribution in [3.63, 3.8) is 0 Å². The molecule has 2 heterocycles. The van der Waals surface area contributed by atoms with Gasteiger partial charge in [-0.25, -0.2) is 13.4 Å². The topological polar surface area (TPSA) is 138 Å². The molecule has 9 nitrogen and oxygen atoms in total. The number of anilines is 2. The van der Waals surface area contributed by atoms with Crippen molar-refractivity contribution in [3.05, 3.63) is 83.6 Å². The molecule has 4 rings (SSSR count). The number of thioether (sulfide) groups is 1. The van der Waals surface area contributed by atoms with Crippen LogP contribution in [0.25, 0.3) is 11.3 Å². The molecule has 0 fully saturated rings. The Hall–Kier alpha value is -4.14. The van der Waals surface area contributed by atoms with Gasteiger partial charge in [-0.1, -0.05) is 35.0 Å². The Kier molecular flexibility index (Phi) is 7.91. The summed E-state index contributed by atoms with van der Waals surface area (Å²) in [6.07, 6.45) is 0.180. The number of amides is 1. The zero-order chi connectivity index (χ0) is 26.4. The van der Waals surface area contributed by atoms with Gasteiger partial charge in [-0.15, -0.1) is 11.8 Å². The summed E-state index contributed by atoms with van der Waals surface area (Å²) < 4.78 is 32.2. The van der Waals surface area contributed by atoms with Gasteiger partial charge in [0.1, 0.15) is 16.9 Å². The van der Waals surface area contributed by atoms with Gasteiger partial charge in [0, 0.05) is 29.5 Å². The van der Waals surface area contributed by atoms with Crippen LogP contribution in [-0.2, 0) is 14.8 Å². The minimum atomic E-state index is -3.84. The van der Waals surface area contributed by atoms with Crippen molar-refractivity contribution in [2.24, 2.45) is 0 Å². The van der Waals surface area contributed by atoms with E-state index < -0.39 is 10.0 Å². The number of aromatic nitrogens is 2. The minimum Gasteiger partial charge on any atom is -0.360 e. The number of pyridine rings is 1. The van der Waals surface area contributed by atoms with Crippen LogP contribution in [0.4, 0.5) is 11.5 Å². The third-order valence-electron chi connectivity index (χ3n) is 5.21. The number of carbonyl (C=O) groups excluding carboxylic acids is 1. The zero-order valence-corrected chi connectivity index (χ0v) is 21.7. The van der Waals surface area contributed by atoms with Gasteiger partial charge in [-0.05, 0) is 50.2 Å². The molecule has 2 N–H and O–H groups in total. The molecule has 0 saturated heterocycles. The van der Waals surface area contributed by atoms with E-state index in [1.54, 1.807) is 13.0 Å². The average Bonchev–Trinajstić information content (AvgIpc) is 3.28. The molecule has 2 aromatic carbocycles. The highest BCUT2D eigenvalue weighted by Crippen LogP contribution is 2.26. The maximum Gasteiger partial charge on any atom is 0.263 e. The molecule has 0 saturated carbocycles. The maximum atomic E-state index is 12.5. The van der Waals surface area contributed by atoms with Crippen LogP contribution in [0.1, 0.15) is 23.3 Å². The Morgan fingerprint density at radius 3 is 2.43 bits per heavy atom. The van der Waals surface area contributed by atoms with Gasteiger partial charge >= 0.3 is 0 Å². The Morgan fingerprint density at radius 1 is 1.05 bits per heavy atom. The lowest BCUT2D eigenvalue weighted by Crippen LogP contribution is -2.14. The first kappa shape index (κ1) is 25.9. The summed E-state index contributed by atoms with van der Waals surface area (Å²) >= 11 is 1.34. The van der Waals surface area contributed by atoms with E-state index in [-0.39, 0.29) is 23.0 Å². The van der Waals surface area contributed by atoms with Crippen LogP contribution < -0.4 is 10.0 Å². The van der Waals surface area contributed by atoms with Crippen molar-refractivity contribution < 1.29 is 17.7 Å². The number of nitriles is 1. The summed E-state index contributed by atoms with van der Waals surface area (Å²) in [6, 6.07) is 20.9. The number of rotatable bonds is 9. The van der Waals surface area contributed by atoms with Gasteiger partial charge in [0.05, 0.1) is 16.2 Å². The van der Waals surface area contributed by atoms with E-state index in [2.05, 4.69) is 26.2 Å². The number of nitrogens with one attached hydrogen (secondary N) is 2. The van der Waals surface area contributed by atoms with Crippen molar-refractivity contribution in [1.29, 1.82) is 5.26 Å². The lowest BCUT2D eigenvalue weighted by Gasteiger charge is -2.09. The molecular weight excluding hydrogens is 510 g/mol. The van der Waals surface area contributed by atoms with Crippen LogP contribution in [0.2, 0.25) is 0 Å². The third kappa shape index (κ3) is 6.75. The molecule has 0 bridgehead atoms. The first-order chi connectivity index (χ1) is 17.7. The molecule has 0 atom stereocenters. The smallest absolute Gasteiger partial charge is 0.263 e. The van der Waals surface area contributed by atoms with E-state index in [0.29, 0.717) is 27.8 Å². The molecule has 0 aliphatic heterocycles. The second-order valence-electron chi connectivity index (χ2n) is 8.13. The molecule has 0 radical (unpaired) electrons. The monoisotopic (exact) mass is 533 g/mol. The molecule has 0 aliphatic carbocycles. The summed E-state index contributed by atoms with van der Waals surface area (Å²) in [6.45, 7) is 3.67. The first-order valence-electron chi connectivity index (χ1n) is 11.2. The van der Waals surface area contributed by atoms with Crippen LogP contribution in [-0.4, -0.2) is 30.2 Å². The van der Waals surface area contributed by atoms with Gasteiger partial charge in [0.25, 0.3) is 10.0 Å². The summed E-state index contributed by atoms with van der Waals surface area (Å²) in [4.78, 5) is 17.1. The molecule has 2 aromatic heterocycles. The van der Waals surface area contributed by atoms with Crippen molar-refractivity contribution >= 4 is 39.2 Å². The largest absolute Gasteiger partial charge is 0.360 e. The molecular formula is C26H23N5O4S2. The molecule has 0 unspecified atom stereocenters. The number of nitrogens with zero attached hydrogens (tertiary/aromatic N) is 3. The van der Waals surface area contributed by atoms with Crippen LogP contribution in [0.15, 0.2) is 81.2 Å². The number of benzene rings is 2. The van der Waals surface area contributed by atoms with E-state index in [1.807, 2.05) is 37.3 Å². The number of hydrogen-bond donors (Lipinski definition) is 2. The molecule has 0 aliphatic rings. The molecule has 11 heteroatoms. The average molecular weight is 534 g/mol. The normalized spacial score (nSPS) is 11.1. The van der Waals surface area contributed by atoms with Gasteiger partial charge in [0.2, 0.25) is 5.91 Å². The maximum absolute atomic E-state index is 12.5. The number of hydrogen-bond acceptors (Lipinski definition) is 8. The number of sulfonamides is 1. The lowest BCUT2D eigenvalue weighted by molar-refractivity contribution is -0.115. The highest BCUT2D eigenvalue weighted by molar-refractivity contribution is 7.99. The third-order valence-corrected chi connectivity index (χ3v) is 7.57. The zero-order valence-electron chi connectivity index (χ0n) is 20.1. The molecule has 37 heavy (non-hydrogen) atoms. The van der Waals surface area contributed by atoms with Crippen molar-refractivity contribution in [2.75, 3.05) is 15.8 Å². The van der Waals surface area contributed by atoms with Gasteiger partial charge < -0.3 is 9.84 Å². The predicted octanol–water partition coefficient (Wildman–Crippen LogP) is 5.15. The Bertz CT molecular complexity index is 1560. The van der Waals surface area contributed by atoms with Crippen molar-refractivity contribution in [3.8, 4) is 17.3 Å². The fourth-order valence-corrected chi connectivity index (χ4v) is 5.21. The van der Waals surface area contributed by atoms with Gasteiger partial charge in [0.15, 0.2) is 5.82 Å². The van der Waals surface area contributed by atoms with Crippen LogP contribution in [0, 0.1) is 25.2 Å². The molecule has 1 amide bonds. The van der Waals surface area contributed by atoms with Gasteiger partial charge in [-0.2, -0.15) is 5.26 Å². The first-order valence-corrected chi connectivity index (χ1v) is 13.7. The number of aryl methyl sites for hydroxylation is 2. The Labute approximate surface area is 219 Å². The second kappa shape index (κ2) is 11.3. The summed E-state index contributed by atoms with van der Waals surface area (Å²) in [5.41, 5.74) is 3.77. The van der Waals surface area contributed by atoms with E-state index in [4.69, 9.17) is 4.52 Å². The quantitative estimate of drug-likeness (QED) is 0.282. The summed E-state index contributed by atoms with van der Waals surface area (Å²) in [7, 11) is -3.84. The van der Waals surface area contributed by atoms with Crippen LogP contribution in [0.5, 0.6) is 0 Å². The van der Waals surface area contributed by atoms with Crippen molar-refractivity contribution in [1.82, 2.24) is 10.1 Å². The predicted molar refractivity (Wildman–Crippen MR) is 142 cm³/mol. The van der Waals surface area contributed by atoms with E-state index >= 15 is 0 Å². The van der Waals surface area contributed by atoms with Gasteiger partial charge in [-0.3, -0.25) is 9.52 Å². The Balaban J connectivity index is 1.33. The molecule has 4 aromatic rings. The van der Waals surface area contributed by atoms with E-state index in [1.165, 1.54) is 42.1 Å².